The van der Waals surface area contributed by atoms with Crippen molar-refractivity contribution >= 4 is 22.9 Å². The van der Waals surface area contributed by atoms with Crippen LogP contribution in [-0.4, -0.2) is 41.6 Å². The van der Waals surface area contributed by atoms with Crippen LogP contribution in [0.25, 0.3) is 22.6 Å². The molecular formula is C24H24FN3O4. The molecule has 1 saturated heterocycles. The highest BCUT2D eigenvalue weighted by Crippen LogP contribution is 2.26. The predicted molar refractivity (Wildman–Crippen MR) is 115 cm³/mol. The van der Waals surface area contributed by atoms with E-state index in [0.717, 1.165) is 25.7 Å². The van der Waals surface area contributed by atoms with Crippen molar-refractivity contribution in [3.63, 3.8) is 0 Å². The SMILES string of the molecule is O=C(N[C@@H]1CC[C@H](NC(=O)[C@@H]2CCCO2)C1)c1ccc(-c2nc3c(F)cccc3o2)cc1. The number of halogens is 1. The second-order valence-electron chi connectivity index (χ2n) is 8.37. The minimum atomic E-state index is -0.435. The molecule has 32 heavy (non-hydrogen) atoms. The fourth-order valence-electron chi connectivity index (χ4n) is 4.39. The number of carbonyl (C=O) groups excluding carboxylic acids is 2. The van der Waals surface area contributed by atoms with E-state index in [4.69, 9.17) is 9.15 Å². The van der Waals surface area contributed by atoms with E-state index in [1.165, 1.54) is 6.07 Å². The number of nitrogens with one attached hydrogen (secondary N) is 2. The Morgan fingerprint density at radius 2 is 1.78 bits per heavy atom. The number of oxazole rings is 1. The van der Waals surface area contributed by atoms with Gasteiger partial charge in [0.1, 0.15) is 11.6 Å². The molecule has 0 spiro atoms. The highest BCUT2D eigenvalue weighted by Gasteiger charge is 2.30. The molecule has 3 aromatic rings. The van der Waals surface area contributed by atoms with E-state index in [2.05, 4.69) is 15.6 Å². The maximum Gasteiger partial charge on any atom is 0.251 e. The number of carbonyl (C=O) groups is 2. The third kappa shape index (κ3) is 4.23. The van der Waals surface area contributed by atoms with Crippen molar-refractivity contribution in [1.82, 2.24) is 15.6 Å². The maximum absolute atomic E-state index is 13.9. The summed E-state index contributed by atoms with van der Waals surface area (Å²) >= 11 is 0. The molecule has 7 nitrogen and oxygen atoms in total. The van der Waals surface area contributed by atoms with Gasteiger partial charge < -0.3 is 19.8 Å². The molecular weight excluding hydrogens is 413 g/mol. The maximum atomic E-state index is 13.9. The summed E-state index contributed by atoms with van der Waals surface area (Å²) in [6.45, 7) is 0.642. The average Bonchev–Trinajstić information content (AvgIpc) is 3.55. The average molecular weight is 437 g/mol. The van der Waals surface area contributed by atoms with E-state index >= 15 is 0 Å². The number of aromatic nitrogens is 1. The zero-order valence-electron chi connectivity index (χ0n) is 17.5. The number of para-hydroxylation sites is 1. The molecule has 2 amide bonds. The van der Waals surface area contributed by atoms with E-state index in [1.807, 2.05) is 0 Å². The number of fused-ring (bicyclic) bond motifs is 1. The molecule has 8 heteroatoms. The largest absolute Gasteiger partial charge is 0.436 e. The minimum Gasteiger partial charge on any atom is -0.436 e. The molecule has 0 unspecified atom stereocenters. The molecule has 166 valence electrons. The molecule has 2 N–H and O–H groups in total. The van der Waals surface area contributed by atoms with Crippen LogP contribution in [0.1, 0.15) is 42.5 Å². The van der Waals surface area contributed by atoms with E-state index in [-0.39, 0.29) is 35.5 Å². The Labute approximate surface area is 184 Å². The first kappa shape index (κ1) is 20.6. The molecule has 5 rings (SSSR count). The summed E-state index contributed by atoms with van der Waals surface area (Å²) in [6.07, 6.45) is 3.71. The van der Waals surface area contributed by atoms with Crippen molar-refractivity contribution in [2.45, 2.75) is 50.3 Å². The molecule has 3 atom stereocenters. The second kappa shape index (κ2) is 8.70. The van der Waals surface area contributed by atoms with Crippen LogP contribution in [0.4, 0.5) is 4.39 Å². The Hall–Kier alpha value is -3.26. The summed E-state index contributed by atoms with van der Waals surface area (Å²) in [4.78, 5) is 29.1. The molecule has 2 aliphatic rings. The van der Waals surface area contributed by atoms with Crippen LogP contribution >= 0.6 is 0 Å². The van der Waals surface area contributed by atoms with Crippen molar-refractivity contribution in [3.05, 3.63) is 53.8 Å². The zero-order valence-corrected chi connectivity index (χ0v) is 17.5. The number of amides is 2. The van der Waals surface area contributed by atoms with Gasteiger partial charge in [0.2, 0.25) is 11.8 Å². The monoisotopic (exact) mass is 437 g/mol. The van der Waals surface area contributed by atoms with Gasteiger partial charge in [0.25, 0.3) is 5.91 Å². The van der Waals surface area contributed by atoms with Crippen molar-refractivity contribution in [2.75, 3.05) is 6.61 Å². The van der Waals surface area contributed by atoms with Crippen LogP contribution in [0, 0.1) is 5.82 Å². The molecule has 0 radical (unpaired) electrons. The van der Waals surface area contributed by atoms with Crippen LogP contribution in [0.3, 0.4) is 0 Å². The predicted octanol–water partition coefficient (Wildman–Crippen LogP) is 3.58. The lowest BCUT2D eigenvalue weighted by Gasteiger charge is -2.17. The summed E-state index contributed by atoms with van der Waals surface area (Å²) in [5.41, 5.74) is 1.74. The van der Waals surface area contributed by atoms with Gasteiger partial charge in [0.05, 0.1) is 0 Å². The topological polar surface area (TPSA) is 93.5 Å². The van der Waals surface area contributed by atoms with Crippen molar-refractivity contribution in [1.29, 1.82) is 0 Å². The summed E-state index contributed by atoms with van der Waals surface area (Å²) in [6, 6.07) is 11.5. The van der Waals surface area contributed by atoms with Crippen LogP contribution in [-0.2, 0) is 9.53 Å². The van der Waals surface area contributed by atoms with Gasteiger partial charge in [0.15, 0.2) is 11.4 Å². The lowest BCUT2D eigenvalue weighted by Crippen LogP contribution is -2.41. The summed E-state index contributed by atoms with van der Waals surface area (Å²) in [5.74, 6) is -0.349. The second-order valence-corrected chi connectivity index (χ2v) is 8.37. The Balaban J connectivity index is 1.18. The fourth-order valence-corrected chi connectivity index (χ4v) is 4.39. The third-order valence-corrected chi connectivity index (χ3v) is 6.10. The first-order valence-corrected chi connectivity index (χ1v) is 10.9. The molecule has 2 heterocycles. The highest BCUT2D eigenvalue weighted by molar-refractivity contribution is 5.95. The zero-order chi connectivity index (χ0) is 22.1. The molecule has 1 saturated carbocycles. The van der Waals surface area contributed by atoms with Crippen LogP contribution in [0.15, 0.2) is 46.9 Å². The summed E-state index contributed by atoms with van der Waals surface area (Å²) < 4.78 is 24.9. The number of rotatable bonds is 5. The van der Waals surface area contributed by atoms with Gasteiger partial charge in [-0.25, -0.2) is 9.37 Å². The highest BCUT2D eigenvalue weighted by atomic mass is 19.1. The fraction of sp³-hybridized carbons (Fsp3) is 0.375. The van der Waals surface area contributed by atoms with Crippen molar-refractivity contribution in [3.8, 4) is 11.5 Å². The van der Waals surface area contributed by atoms with Gasteiger partial charge in [-0.3, -0.25) is 9.59 Å². The molecule has 2 fully saturated rings. The van der Waals surface area contributed by atoms with Crippen molar-refractivity contribution < 1.29 is 23.1 Å². The van der Waals surface area contributed by atoms with E-state index in [1.54, 1.807) is 36.4 Å². The first-order valence-electron chi connectivity index (χ1n) is 10.9. The van der Waals surface area contributed by atoms with E-state index in [0.29, 0.717) is 35.6 Å². The number of hydrogen-bond acceptors (Lipinski definition) is 5. The molecule has 0 bridgehead atoms. The number of benzene rings is 2. The number of hydrogen-bond donors (Lipinski definition) is 2. The van der Waals surface area contributed by atoms with Crippen LogP contribution in [0.2, 0.25) is 0 Å². The lowest BCUT2D eigenvalue weighted by atomic mass is 10.1. The Kier molecular flexibility index (Phi) is 5.61. The number of nitrogens with zero attached hydrogens (tertiary/aromatic N) is 1. The smallest absolute Gasteiger partial charge is 0.251 e. The third-order valence-electron chi connectivity index (χ3n) is 6.10. The minimum absolute atomic E-state index is 0.0111. The van der Waals surface area contributed by atoms with Crippen LogP contribution in [0.5, 0.6) is 0 Å². The Morgan fingerprint density at radius 1 is 1.00 bits per heavy atom. The summed E-state index contributed by atoms with van der Waals surface area (Å²) in [7, 11) is 0. The van der Waals surface area contributed by atoms with Gasteiger partial charge in [-0.05, 0) is 68.5 Å². The lowest BCUT2D eigenvalue weighted by molar-refractivity contribution is -0.130. The van der Waals surface area contributed by atoms with Gasteiger partial charge >= 0.3 is 0 Å². The van der Waals surface area contributed by atoms with E-state index < -0.39 is 5.82 Å². The van der Waals surface area contributed by atoms with E-state index in [9.17, 15) is 14.0 Å². The van der Waals surface area contributed by atoms with Gasteiger partial charge in [0, 0.05) is 29.8 Å². The molecule has 1 aliphatic carbocycles. The van der Waals surface area contributed by atoms with Gasteiger partial charge in [-0.15, -0.1) is 0 Å². The quantitative estimate of drug-likeness (QED) is 0.636. The Bertz CT molecular complexity index is 1140. The van der Waals surface area contributed by atoms with Crippen molar-refractivity contribution in [2.24, 2.45) is 0 Å². The standard InChI is InChI=1S/C24H24FN3O4/c25-18-3-1-4-19-21(18)28-24(32-19)15-8-6-14(7-9-15)22(29)26-16-10-11-17(13-16)27-23(30)20-5-2-12-31-20/h1,3-4,6-9,16-17,20H,2,5,10-13H2,(H,26,29)(H,27,30)/t16-,17+,20+/m1/s1. The van der Waals surface area contributed by atoms with Gasteiger partial charge in [-0.1, -0.05) is 6.07 Å². The molecule has 1 aromatic heterocycles. The normalized spacial score (nSPS) is 22.8. The Morgan fingerprint density at radius 3 is 2.50 bits per heavy atom. The van der Waals surface area contributed by atoms with Gasteiger partial charge in [-0.2, -0.15) is 0 Å². The molecule has 2 aromatic carbocycles. The first-order chi connectivity index (χ1) is 15.6. The number of ether oxygens (including phenoxy) is 1. The summed E-state index contributed by atoms with van der Waals surface area (Å²) in [5, 5.41) is 6.09. The molecule has 1 aliphatic heterocycles. The van der Waals surface area contributed by atoms with Crippen LogP contribution < -0.4 is 10.6 Å².